The average Bonchev–Trinajstić information content (AvgIpc) is 3.17. The van der Waals surface area contributed by atoms with Crippen LogP contribution in [0.3, 0.4) is 0 Å². The monoisotopic (exact) mass is 468 g/mol. The lowest BCUT2D eigenvalue weighted by molar-refractivity contribution is 0.470. The molecule has 0 bridgehead atoms. The van der Waals surface area contributed by atoms with Crippen LogP contribution >= 0.6 is 27.5 Å². The molecule has 1 heterocycles. The first-order valence-corrected chi connectivity index (χ1v) is 10.2. The van der Waals surface area contributed by atoms with Gasteiger partial charge in [0.1, 0.15) is 11.3 Å². The molecule has 1 N–H and O–H groups in total. The van der Waals surface area contributed by atoms with Gasteiger partial charge in [0, 0.05) is 22.4 Å². The summed E-state index contributed by atoms with van der Waals surface area (Å²) >= 11 is 9.74. The Balaban J connectivity index is 1.64. The lowest BCUT2D eigenvalue weighted by Crippen LogP contribution is -1.94. The van der Waals surface area contributed by atoms with E-state index in [4.69, 9.17) is 16.0 Å². The lowest BCUT2D eigenvalue weighted by atomic mass is 10.0. The Kier molecular flexibility index (Phi) is 5.19. The van der Waals surface area contributed by atoms with Gasteiger partial charge in [0.05, 0.1) is 10.2 Å². The SMILES string of the molecule is Cc1c(Cl)c(C)c(C=Nc2ccc(-c3nc4c(C)cccc4o3)cc2)c(O)c1Br. The molecule has 4 nitrogen and oxygen atoms in total. The molecule has 0 aliphatic rings. The van der Waals surface area contributed by atoms with E-state index >= 15 is 0 Å². The lowest BCUT2D eigenvalue weighted by Gasteiger charge is -2.11. The van der Waals surface area contributed by atoms with E-state index in [1.54, 1.807) is 6.21 Å². The van der Waals surface area contributed by atoms with Gasteiger partial charge in [0.15, 0.2) is 5.58 Å². The smallest absolute Gasteiger partial charge is 0.227 e. The number of aryl methyl sites for hydroxylation is 1. The molecule has 0 aliphatic heterocycles. The number of aromatic nitrogens is 1. The zero-order valence-electron chi connectivity index (χ0n) is 16.1. The van der Waals surface area contributed by atoms with E-state index in [1.165, 1.54) is 0 Å². The maximum atomic E-state index is 10.4. The molecular formula is C23H18BrClN2O2. The van der Waals surface area contributed by atoms with Gasteiger partial charge in [0.2, 0.25) is 5.89 Å². The van der Waals surface area contributed by atoms with E-state index in [9.17, 15) is 5.11 Å². The van der Waals surface area contributed by atoms with Crippen molar-refractivity contribution in [1.29, 1.82) is 0 Å². The summed E-state index contributed by atoms with van der Waals surface area (Å²) in [6.45, 7) is 5.73. The standard InChI is InChI=1S/C23H18BrClN2O2/c1-12-5-4-6-18-21(12)27-23(29-18)15-7-9-16(10-8-15)26-11-17-13(2)20(25)14(3)19(24)22(17)28/h4-11,28H,1-3H3. The first kappa shape index (κ1) is 19.7. The molecule has 0 atom stereocenters. The Morgan fingerprint density at radius 3 is 2.48 bits per heavy atom. The number of hydrogen-bond donors (Lipinski definition) is 1. The number of phenols is 1. The minimum absolute atomic E-state index is 0.131. The van der Waals surface area contributed by atoms with Crippen LogP contribution in [0.15, 0.2) is 56.3 Å². The van der Waals surface area contributed by atoms with Gasteiger partial charge < -0.3 is 9.52 Å². The number of para-hydroxylation sites is 1. The highest BCUT2D eigenvalue weighted by molar-refractivity contribution is 9.10. The zero-order valence-corrected chi connectivity index (χ0v) is 18.5. The molecule has 146 valence electrons. The van der Waals surface area contributed by atoms with Crippen molar-refractivity contribution in [3.05, 3.63) is 74.2 Å². The Hall–Kier alpha value is -2.63. The van der Waals surface area contributed by atoms with E-state index in [0.717, 1.165) is 39.0 Å². The second-order valence-electron chi connectivity index (χ2n) is 6.89. The fourth-order valence-corrected chi connectivity index (χ4v) is 3.89. The van der Waals surface area contributed by atoms with Gasteiger partial charge in [-0.1, -0.05) is 23.7 Å². The van der Waals surface area contributed by atoms with Crippen molar-refractivity contribution < 1.29 is 9.52 Å². The van der Waals surface area contributed by atoms with Crippen LogP contribution in [-0.4, -0.2) is 16.3 Å². The molecule has 1 aromatic heterocycles. The molecule has 0 saturated heterocycles. The fourth-order valence-electron chi connectivity index (χ4n) is 3.17. The Labute approximate surface area is 182 Å². The molecule has 0 amide bonds. The molecule has 0 aliphatic carbocycles. The van der Waals surface area contributed by atoms with E-state index < -0.39 is 0 Å². The van der Waals surface area contributed by atoms with Gasteiger partial charge in [-0.15, -0.1) is 0 Å². The minimum Gasteiger partial charge on any atom is -0.506 e. The third-order valence-electron chi connectivity index (χ3n) is 4.93. The van der Waals surface area contributed by atoms with E-state index in [2.05, 4.69) is 25.9 Å². The van der Waals surface area contributed by atoms with Crippen LogP contribution in [0.5, 0.6) is 5.75 Å². The molecule has 0 unspecified atom stereocenters. The molecular weight excluding hydrogens is 452 g/mol. The summed E-state index contributed by atoms with van der Waals surface area (Å²) in [6.07, 6.45) is 1.62. The quantitative estimate of drug-likeness (QED) is 0.320. The number of benzene rings is 3. The summed E-state index contributed by atoms with van der Waals surface area (Å²) < 4.78 is 6.45. The third kappa shape index (κ3) is 3.56. The first-order valence-electron chi connectivity index (χ1n) is 9.04. The number of fused-ring (bicyclic) bond motifs is 1. The molecule has 6 heteroatoms. The minimum atomic E-state index is 0.131. The van der Waals surface area contributed by atoms with Gasteiger partial charge in [-0.3, -0.25) is 4.99 Å². The third-order valence-corrected chi connectivity index (χ3v) is 6.47. The van der Waals surface area contributed by atoms with Crippen LogP contribution < -0.4 is 0 Å². The van der Waals surface area contributed by atoms with Gasteiger partial charge in [-0.05, 0) is 83.7 Å². The van der Waals surface area contributed by atoms with E-state index in [-0.39, 0.29) is 5.75 Å². The van der Waals surface area contributed by atoms with Crippen LogP contribution in [0.4, 0.5) is 5.69 Å². The number of nitrogens with zero attached hydrogens (tertiary/aromatic N) is 2. The summed E-state index contributed by atoms with van der Waals surface area (Å²) in [5, 5.41) is 11.0. The Bertz CT molecular complexity index is 1230. The summed E-state index contributed by atoms with van der Waals surface area (Å²) in [5.74, 6) is 0.708. The average molecular weight is 470 g/mol. The van der Waals surface area contributed by atoms with Gasteiger partial charge in [0.25, 0.3) is 0 Å². The summed E-state index contributed by atoms with van der Waals surface area (Å²) in [5.41, 5.74) is 6.52. The number of rotatable bonds is 3. The van der Waals surface area contributed by atoms with Crippen LogP contribution in [0.2, 0.25) is 5.02 Å². The maximum absolute atomic E-state index is 10.4. The zero-order chi connectivity index (χ0) is 20.7. The largest absolute Gasteiger partial charge is 0.506 e. The fraction of sp³-hybridized carbons (Fsp3) is 0.130. The van der Waals surface area contributed by atoms with Gasteiger partial charge >= 0.3 is 0 Å². The number of halogens is 2. The summed E-state index contributed by atoms with van der Waals surface area (Å²) in [6, 6.07) is 13.5. The number of phenolic OH excluding ortho intramolecular Hbond substituents is 1. The normalized spacial score (nSPS) is 11.6. The maximum Gasteiger partial charge on any atom is 0.227 e. The highest BCUT2D eigenvalue weighted by Crippen LogP contribution is 2.38. The number of aliphatic imine (C=N–C) groups is 1. The predicted molar refractivity (Wildman–Crippen MR) is 122 cm³/mol. The number of aromatic hydroxyl groups is 1. The van der Waals surface area contributed by atoms with Crippen molar-refractivity contribution in [3.8, 4) is 17.2 Å². The van der Waals surface area contributed by atoms with Gasteiger partial charge in [-0.25, -0.2) is 4.98 Å². The van der Waals surface area contributed by atoms with Crippen LogP contribution in [-0.2, 0) is 0 Å². The Morgan fingerprint density at radius 2 is 1.79 bits per heavy atom. The van der Waals surface area contributed by atoms with Crippen LogP contribution in [0, 0.1) is 20.8 Å². The second-order valence-corrected chi connectivity index (χ2v) is 8.06. The molecule has 0 radical (unpaired) electrons. The van der Waals surface area contributed by atoms with Crippen LogP contribution in [0.1, 0.15) is 22.3 Å². The molecule has 0 spiro atoms. The highest BCUT2D eigenvalue weighted by atomic mass is 79.9. The Morgan fingerprint density at radius 1 is 1.07 bits per heavy atom. The highest BCUT2D eigenvalue weighted by Gasteiger charge is 2.15. The van der Waals surface area contributed by atoms with Crippen molar-refractivity contribution in [2.24, 2.45) is 4.99 Å². The molecule has 0 fully saturated rings. The van der Waals surface area contributed by atoms with Crippen molar-refractivity contribution >= 4 is 50.5 Å². The predicted octanol–water partition coefficient (Wildman–Crippen LogP) is 7.29. The molecule has 3 aromatic carbocycles. The van der Waals surface area contributed by atoms with E-state index in [0.29, 0.717) is 20.9 Å². The molecule has 4 aromatic rings. The molecule has 0 saturated carbocycles. The summed E-state index contributed by atoms with van der Waals surface area (Å²) in [4.78, 5) is 9.08. The molecule has 29 heavy (non-hydrogen) atoms. The second kappa shape index (κ2) is 7.65. The van der Waals surface area contributed by atoms with Crippen LogP contribution in [0.25, 0.3) is 22.6 Å². The molecule has 4 rings (SSSR count). The number of hydrogen-bond acceptors (Lipinski definition) is 4. The van der Waals surface area contributed by atoms with Crippen molar-refractivity contribution in [3.63, 3.8) is 0 Å². The van der Waals surface area contributed by atoms with Crippen molar-refractivity contribution in [1.82, 2.24) is 4.98 Å². The summed E-state index contributed by atoms with van der Waals surface area (Å²) in [7, 11) is 0. The van der Waals surface area contributed by atoms with Crippen molar-refractivity contribution in [2.45, 2.75) is 20.8 Å². The van der Waals surface area contributed by atoms with E-state index in [1.807, 2.05) is 63.2 Å². The first-order chi connectivity index (χ1) is 13.9. The van der Waals surface area contributed by atoms with Crippen molar-refractivity contribution in [2.75, 3.05) is 0 Å². The van der Waals surface area contributed by atoms with Gasteiger partial charge in [-0.2, -0.15) is 0 Å². The topological polar surface area (TPSA) is 58.6 Å². The number of oxazole rings is 1.